The summed E-state index contributed by atoms with van der Waals surface area (Å²) in [5.74, 6) is -0.515. The molecule has 0 spiro atoms. The molecule has 1 aliphatic heterocycles. The largest absolute Gasteiger partial charge is 0.496 e. The lowest BCUT2D eigenvalue weighted by atomic mass is 9.93. The molecule has 4 rings (SSSR count). The third-order valence-electron chi connectivity index (χ3n) is 6.27. The van der Waals surface area contributed by atoms with Gasteiger partial charge < -0.3 is 19.3 Å². The smallest absolute Gasteiger partial charge is 0.416 e. The molecular weight excluding hydrogens is 525 g/mol. The average molecular weight is 549 g/mol. The number of carboxylic acids is 1. The first-order valence-corrected chi connectivity index (χ1v) is 12.2. The monoisotopic (exact) mass is 548 g/mol. The van der Waals surface area contributed by atoms with E-state index in [0.717, 1.165) is 12.1 Å². The maximum Gasteiger partial charge on any atom is 0.416 e. The maximum atomic E-state index is 12.9. The second-order valence-electron chi connectivity index (χ2n) is 8.78. The molecular formula is C28H24ClF3O6. The van der Waals surface area contributed by atoms with E-state index in [2.05, 4.69) is 0 Å². The third-order valence-corrected chi connectivity index (χ3v) is 6.57. The minimum atomic E-state index is -4.46. The van der Waals surface area contributed by atoms with Crippen LogP contribution in [0.4, 0.5) is 13.2 Å². The zero-order valence-corrected chi connectivity index (χ0v) is 21.1. The molecule has 1 heterocycles. The molecule has 0 saturated heterocycles. The Bertz CT molecular complexity index is 1340. The van der Waals surface area contributed by atoms with Crippen molar-refractivity contribution in [2.45, 2.75) is 37.8 Å². The van der Waals surface area contributed by atoms with Crippen LogP contribution in [0, 0.1) is 0 Å². The first-order valence-electron chi connectivity index (χ1n) is 11.8. The molecule has 0 saturated carbocycles. The van der Waals surface area contributed by atoms with E-state index >= 15 is 0 Å². The average Bonchev–Trinajstić information content (AvgIpc) is 2.88. The number of carboxylic acid groups (broad SMARTS) is 1. The molecule has 1 N–H and O–H groups in total. The zero-order valence-electron chi connectivity index (χ0n) is 20.3. The number of methoxy groups -OCH3 is 1. The highest BCUT2D eigenvalue weighted by Crippen LogP contribution is 2.42. The summed E-state index contributed by atoms with van der Waals surface area (Å²) in [6, 6.07) is 12.9. The molecule has 0 aromatic heterocycles. The number of rotatable bonds is 9. The first kappa shape index (κ1) is 27.3. The van der Waals surface area contributed by atoms with Crippen molar-refractivity contribution in [3.05, 3.63) is 81.9 Å². The summed E-state index contributed by atoms with van der Waals surface area (Å²) in [4.78, 5) is 24.1. The topological polar surface area (TPSA) is 82.1 Å². The van der Waals surface area contributed by atoms with Crippen molar-refractivity contribution in [1.82, 2.24) is 0 Å². The number of Topliss-reactive ketones (excluding diaryl/α,β-unsaturated/α-hetero) is 1. The van der Waals surface area contributed by atoms with Gasteiger partial charge in [-0.1, -0.05) is 17.7 Å². The van der Waals surface area contributed by atoms with Crippen LogP contribution in [-0.2, 0) is 17.4 Å². The fourth-order valence-corrected chi connectivity index (χ4v) is 4.48. The fourth-order valence-electron chi connectivity index (χ4n) is 4.27. The highest BCUT2D eigenvalue weighted by molar-refractivity contribution is 6.32. The summed E-state index contributed by atoms with van der Waals surface area (Å²) in [7, 11) is 1.31. The number of aliphatic carboxylic acids is 1. The number of hydrogen-bond acceptors (Lipinski definition) is 5. The summed E-state index contributed by atoms with van der Waals surface area (Å²) < 4.78 is 55.3. The summed E-state index contributed by atoms with van der Waals surface area (Å²) in [6.45, 7) is 0.271. The number of alkyl halides is 3. The molecule has 1 unspecified atom stereocenters. The van der Waals surface area contributed by atoms with Crippen LogP contribution in [0.1, 0.15) is 52.2 Å². The Morgan fingerprint density at radius 1 is 1.08 bits per heavy atom. The van der Waals surface area contributed by atoms with Gasteiger partial charge in [-0.05, 0) is 67.3 Å². The minimum Gasteiger partial charge on any atom is -0.496 e. The Labute approximate surface area is 221 Å². The van der Waals surface area contributed by atoms with Crippen molar-refractivity contribution in [1.29, 1.82) is 0 Å². The Hall–Kier alpha value is -3.72. The molecule has 3 aromatic carbocycles. The second-order valence-corrected chi connectivity index (χ2v) is 9.18. The molecule has 6 nitrogen and oxygen atoms in total. The second kappa shape index (κ2) is 11.3. The molecule has 1 aliphatic rings. The van der Waals surface area contributed by atoms with E-state index < -0.39 is 23.6 Å². The Morgan fingerprint density at radius 3 is 2.47 bits per heavy atom. The van der Waals surface area contributed by atoms with Crippen LogP contribution in [0.25, 0.3) is 0 Å². The van der Waals surface area contributed by atoms with Crippen molar-refractivity contribution < 1.29 is 42.1 Å². The van der Waals surface area contributed by atoms with Gasteiger partial charge in [-0.25, -0.2) is 0 Å². The van der Waals surface area contributed by atoms with E-state index in [0.29, 0.717) is 53.2 Å². The maximum absolute atomic E-state index is 12.9. The molecule has 38 heavy (non-hydrogen) atoms. The predicted octanol–water partition coefficient (Wildman–Crippen LogP) is 7.32. The van der Waals surface area contributed by atoms with E-state index in [-0.39, 0.29) is 29.6 Å². The van der Waals surface area contributed by atoms with Gasteiger partial charge in [0.15, 0.2) is 5.78 Å². The van der Waals surface area contributed by atoms with E-state index in [9.17, 15) is 27.9 Å². The molecule has 3 aromatic rings. The number of halogens is 4. The molecule has 10 heteroatoms. The number of carbonyl (C=O) groups excluding carboxylic acids is 1. The van der Waals surface area contributed by atoms with Gasteiger partial charge in [-0.2, -0.15) is 13.2 Å². The molecule has 0 bridgehead atoms. The number of carbonyl (C=O) groups is 2. The van der Waals surface area contributed by atoms with Crippen LogP contribution < -0.4 is 14.2 Å². The highest BCUT2D eigenvalue weighted by Gasteiger charge is 2.31. The molecule has 200 valence electrons. The van der Waals surface area contributed by atoms with E-state index in [1.165, 1.54) is 19.2 Å². The van der Waals surface area contributed by atoms with Crippen LogP contribution >= 0.6 is 11.6 Å². The lowest BCUT2D eigenvalue weighted by molar-refractivity contribution is -0.139. The van der Waals surface area contributed by atoms with Crippen molar-refractivity contribution in [2.24, 2.45) is 0 Å². The van der Waals surface area contributed by atoms with Gasteiger partial charge in [0.2, 0.25) is 0 Å². The lowest BCUT2D eigenvalue weighted by Gasteiger charge is -2.24. The van der Waals surface area contributed by atoms with Crippen LogP contribution in [0.15, 0.2) is 54.6 Å². The van der Waals surface area contributed by atoms with Gasteiger partial charge in [0, 0.05) is 23.6 Å². The lowest BCUT2D eigenvalue weighted by Crippen LogP contribution is -2.20. The summed E-state index contributed by atoms with van der Waals surface area (Å²) >= 11 is 6.33. The van der Waals surface area contributed by atoms with Crippen LogP contribution in [0.3, 0.4) is 0 Å². The van der Waals surface area contributed by atoms with Crippen molar-refractivity contribution >= 4 is 23.4 Å². The Balaban J connectivity index is 1.37. The van der Waals surface area contributed by atoms with Gasteiger partial charge in [0.25, 0.3) is 0 Å². The minimum absolute atomic E-state index is 0.123. The van der Waals surface area contributed by atoms with Crippen LogP contribution in [-0.4, -0.2) is 30.6 Å². The van der Waals surface area contributed by atoms with Gasteiger partial charge >= 0.3 is 12.1 Å². The summed E-state index contributed by atoms with van der Waals surface area (Å²) in [6.07, 6.45) is -3.09. The number of hydrogen-bond donors (Lipinski definition) is 1. The molecule has 0 amide bonds. The van der Waals surface area contributed by atoms with Gasteiger partial charge in [0.1, 0.15) is 23.0 Å². The Morgan fingerprint density at radius 2 is 1.82 bits per heavy atom. The zero-order chi connectivity index (χ0) is 27.4. The van der Waals surface area contributed by atoms with Gasteiger partial charge in [-0.15, -0.1) is 0 Å². The number of ether oxygens (including phenoxy) is 3. The Kier molecular flexibility index (Phi) is 8.16. The van der Waals surface area contributed by atoms with Gasteiger partial charge in [0.05, 0.1) is 30.2 Å². The fraction of sp³-hybridized carbons (Fsp3) is 0.286. The summed E-state index contributed by atoms with van der Waals surface area (Å²) in [5, 5.41) is 9.66. The molecule has 1 atom stereocenters. The molecule has 0 radical (unpaired) electrons. The number of aryl methyl sites for hydroxylation is 1. The van der Waals surface area contributed by atoms with E-state index in [1.54, 1.807) is 30.3 Å². The third kappa shape index (κ3) is 6.22. The standard InChI is InChI=1S/C28H24ClF3O6/c1-36-24-13-18(28(30,31)32)8-5-17(24)3-2-4-23(33)16-6-9-19(10-7-16)38-26-15-25-21(14-22(26)29)20(27(34)35)11-12-37-25/h5-10,13-15,20H,2-4,11-12H2,1H3,(H,34,35). The SMILES string of the molecule is COc1cc(C(F)(F)F)ccc1CCCC(=O)c1ccc(Oc2cc3c(cc2Cl)C(C(=O)O)CCO3)cc1. The summed E-state index contributed by atoms with van der Waals surface area (Å²) in [5.41, 5.74) is 0.764. The van der Waals surface area contributed by atoms with Gasteiger partial charge in [-0.3, -0.25) is 9.59 Å². The van der Waals surface area contributed by atoms with Crippen LogP contribution in [0.2, 0.25) is 5.02 Å². The predicted molar refractivity (Wildman–Crippen MR) is 134 cm³/mol. The molecule has 0 aliphatic carbocycles. The number of benzene rings is 3. The number of fused-ring (bicyclic) bond motifs is 1. The molecule has 0 fully saturated rings. The van der Waals surface area contributed by atoms with Crippen LogP contribution in [0.5, 0.6) is 23.0 Å². The van der Waals surface area contributed by atoms with Crippen molar-refractivity contribution in [3.8, 4) is 23.0 Å². The van der Waals surface area contributed by atoms with Crippen molar-refractivity contribution in [2.75, 3.05) is 13.7 Å². The van der Waals surface area contributed by atoms with E-state index in [1.807, 2.05) is 0 Å². The van der Waals surface area contributed by atoms with Crippen molar-refractivity contribution in [3.63, 3.8) is 0 Å². The highest BCUT2D eigenvalue weighted by atomic mass is 35.5. The quantitative estimate of drug-likeness (QED) is 0.282. The normalized spacial score (nSPS) is 14.8. The first-order chi connectivity index (χ1) is 18.1. The number of ketones is 1. The van der Waals surface area contributed by atoms with E-state index in [4.69, 9.17) is 25.8 Å².